The molecule has 1 rings (SSSR count). The van der Waals surface area contributed by atoms with Gasteiger partial charge in [-0.3, -0.25) is 0 Å². The van der Waals surface area contributed by atoms with Crippen LogP contribution in [0.2, 0.25) is 10.0 Å². The fourth-order valence-corrected chi connectivity index (χ4v) is 2.24. The van der Waals surface area contributed by atoms with Gasteiger partial charge in [0.2, 0.25) is 0 Å². The van der Waals surface area contributed by atoms with Gasteiger partial charge in [0.15, 0.2) is 0 Å². The molecule has 0 aliphatic rings. The van der Waals surface area contributed by atoms with Gasteiger partial charge < -0.3 is 10.6 Å². The van der Waals surface area contributed by atoms with Crippen molar-refractivity contribution >= 4 is 23.2 Å². The average molecular weight is 289 g/mol. The first-order valence-corrected chi connectivity index (χ1v) is 7.12. The van der Waals surface area contributed by atoms with Gasteiger partial charge in [-0.1, -0.05) is 37.0 Å². The largest absolute Gasteiger partial charge is 0.315 e. The maximum absolute atomic E-state index is 5.96. The Balaban J connectivity index is 2.31. The molecule has 0 fully saturated rings. The standard InChI is InChI=1S/C14H22Cl2N2/c1-10(2)7-17-8-11(3)18-9-12-4-13(15)6-14(16)5-12/h4-6,10-11,17-18H,7-9H2,1-3H3. The van der Waals surface area contributed by atoms with E-state index in [4.69, 9.17) is 23.2 Å². The first kappa shape index (κ1) is 15.8. The van der Waals surface area contributed by atoms with Crippen molar-refractivity contribution < 1.29 is 0 Å². The van der Waals surface area contributed by atoms with E-state index in [0.717, 1.165) is 25.2 Å². The molecular weight excluding hydrogens is 267 g/mol. The topological polar surface area (TPSA) is 24.1 Å². The number of benzene rings is 1. The highest BCUT2D eigenvalue weighted by atomic mass is 35.5. The molecule has 0 saturated carbocycles. The zero-order valence-corrected chi connectivity index (χ0v) is 12.8. The van der Waals surface area contributed by atoms with E-state index < -0.39 is 0 Å². The first-order chi connectivity index (χ1) is 8.47. The smallest absolute Gasteiger partial charge is 0.0424 e. The van der Waals surface area contributed by atoms with Gasteiger partial charge in [0.25, 0.3) is 0 Å². The number of hydrogen-bond acceptors (Lipinski definition) is 2. The Labute approximate surface area is 120 Å². The van der Waals surface area contributed by atoms with Gasteiger partial charge in [-0.15, -0.1) is 0 Å². The molecular formula is C14H22Cl2N2. The third-order valence-electron chi connectivity index (χ3n) is 2.58. The van der Waals surface area contributed by atoms with Crippen molar-refractivity contribution in [1.82, 2.24) is 10.6 Å². The predicted octanol–water partition coefficient (Wildman–Crippen LogP) is 3.72. The van der Waals surface area contributed by atoms with E-state index in [0.29, 0.717) is 22.0 Å². The molecule has 0 bridgehead atoms. The molecule has 0 saturated heterocycles. The summed E-state index contributed by atoms with van der Waals surface area (Å²) in [6, 6.07) is 6.05. The molecule has 102 valence electrons. The van der Waals surface area contributed by atoms with E-state index in [1.54, 1.807) is 6.07 Å². The average Bonchev–Trinajstić information content (AvgIpc) is 2.24. The molecule has 4 heteroatoms. The molecule has 18 heavy (non-hydrogen) atoms. The number of hydrogen-bond donors (Lipinski definition) is 2. The van der Waals surface area contributed by atoms with Gasteiger partial charge in [0, 0.05) is 29.2 Å². The second-order valence-electron chi connectivity index (χ2n) is 5.11. The van der Waals surface area contributed by atoms with Crippen LogP contribution >= 0.6 is 23.2 Å². The zero-order chi connectivity index (χ0) is 13.5. The lowest BCUT2D eigenvalue weighted by Crippen LogP contribution is -2.37. The second-order valence-corrected chi connectivity index (χ2v) is 5.98. The van der Waals surface area contributed by atoms with Crippen LogP contribution in [-0.4, -0.2) is 19.1 Å². The minimum atomic E-state index is 0.418. The van der Waals surface area contributed by atoms with Crippen molar-refractivity contribution in [2.24, 2.45) is 5.92 Å². The van der Waals surface area contributed by atoms with Gasteiger partial charge in [0.05, 0.1) is 0 Å². The quantitative estimate of drug-likeness (QED) is 0.799. The molecule has 0 aliphatic heterocycles. The van der Waals surface area contributed by atoms with Gasteiger partial charge in [-0.25, -0.2) is 0 Å². The Morgan fingerprint density at radius 1 is 1.00 bits per heavy atom. The maximum Gasteiger partial charge on any atom is 0.0424 e. The summed E-state index contributed by atoms with van der Waals surface area (Å²) in [6.07, 6.45) is 0. The molecule has 1 aromatic carbocycles. The monoisotopic (exact) mass is 288 g/mol. The van der Waals surface area contributed by atoms with Crippen molar-refractivity contribution in [3.05, 3.63) is 33.8 Å². The summed E-state index contributed by atoms with van der Waals surface area (Å²) in [5, 5.41) is 8.25. The summed E-state index contributed by atoms with van der Waals surface area (Å²) in [5.41, 5.74) is 1.11. The van der Waals surface area contributed by atoms with Crippen molar-refractivity contribution in [2.75, 3.05) is 13.1 Å². The summed E-state index contributed by atoms with van der Waals surface area (Å²) in [5.74, 6) is 0.684. The summed E-state index contributed by atoms with van der Waals surface area (Å²) < 4.78 is 0. The van der Waals surface area contributed by atoms with E-state index in [1.807, 2.05) is 12.1 Å². The molecule has 1 atom stereocenters. The van der Waals surface area contributed by atoms with E-state index in [1.165, 1.54) is 0 Å². The van der Waals surface area contributed by atoms with Crippen molar-refractivity contribution in [3.8, 4) is 0 Å². The van der Waals surface area contributed by atoms with Crippen LogP contribution in [-0.2, 0) is 6.54 Å². The molecule has 1 aromatic rings. The van der Waals surface area contributed by atoms with Gasteiger partial charge in [-0.05, 0) is 43.1 Å². The number of rotatable bonds is 7. The molecule has 0 spiro atoms. The highest BCUT2D eigenvalue weighted by Gasteiger charge is 2.03. The van der Waals surface area contributed by atoms with Gasteiger partial charge in [-0.2, -0.15) is 0 Å². The van der Waals surface area contributed by atoms with Crippen molar-refractivity contribution in [2.45, 2.75) is 33.4 Å². The van der Waals surface area contributed by atoms with Crippen molar-refractivity contribution in [1.29, 1.82) is 0 Å². The lowest BCUT2D eigenvalue weighted by molar-refractivity contribution is 0.472. The molecule has 0 aromatic heterocycles. The van der Waals surface area contributed by atoms with Gasteiger partial charge in [0.1, 0.15) is 0 Å². The minimum Gasteiger partial charge on any atom is -0.315 e. The second kappa shape index (κ2) is 8.00. The third kappa shape index (κ3) is 6.60. The van der Waals surface area contributed by atoms with E-state index in [-0.39, 0.29) is 0 Å². The predicted molar refractivity (Wildman–Crippen MR) is 80.5 cm³/mol. The zero-order valence-electron chi connectivity index (χ0n) is 11.3. The lowest BCUT2D eigenvalue weighted by atomic mass is 10.2. The highest BCUT2D eigenvalue weighted by Crippen LogP contribution is 2.18. The summed E-state index contributed by atoms with van der Waals surface area (Å²) >= 11 is 11.9. The van der Waals surface area contributed by atoms with Crippen molar-refractivity contribution in [3.63, 3.8) is 0 Å². The number of halogens is 2. The number of nitrogens with one attached hydrogen (secondary N) is 2. The van der Waals surface area contributed by atoms with Crippen LogP contribution in [0.3, 0.4) is 0 Å². The van der Waals surface area contributed by atoms with Gasteiger partial charge >= 0.3 is 0 Å². The van der Waals surface area contributed by atoms with E-state index in [9.17, 15) is 0 Å². The van der Waals surface area contributed by atoms with Crippen LogP contribution in [0, 0.1) is 5.92 Å². The molecule has 2 N–H and O–H groups in total. The Morgan fingerprint density at radius 2 is 1.61 bits per heavy atom. The maximum atomic E-state index is 5.96. The van der Waals surface area contributed by atoms with Crippen LogP contribution in [0.15, 0.2) is 18.2 Å². The van der Waals surface area contributed by atoms with Crippen LogP contribution < -0.4 is 10.6 Å². The Bertz CT molecular complexity index is 347. The van der Waals surface area contributed by atoms with E-state index >= 15 is 0 Å². The first-order valence-electron chi connectivity index (χ1n) is 6.36. The van der Waals surface area contributed by atoms with Crippen LogP contribution in [0.4, 0.5) is 0 Å². The molecule has 0 amide bonds. The van der Waals surface area contributed by atoms with Crippen LogP contribution in [0.1, 0.15) is 26.3 Å². The lowest BCUT2D eigenvalue weighted by Gasteiger charge is -2.16. The molecule has 1 unspecified atom stereocenters. The Hall–Kier alpha value is -0.280. The third-order valence-corrected chi connectivity index (χ3v) is 3.02. The van der Waals surface area contributed by atoms with E-state index in [2.05, 4.69) is 31.4 Å². The molecule has 0 radical (unpaired) electrons. The fourth-order valence-electron chi connectivity index (χ4n) is 1.67. The Kier molecular flexibility index (Phi) is 7.02. The Morgan fingerprint density at radius 3 is 2.17 bits per heavy atom. The normalized spacial score (nSPS) is 13.0. The fraction of sp³-hybridized carbons (Fsp3) is 0.571. The SMILES string of the molecule is CC(C)CNCC(C)NCc1cc(Cl)cc(Cl)c1. The van der Waals surface area contributed by atoms with Crippen LogP contribution in [0.5, 0.6) is 0 Å². The summed E-state index contributed by atoms with van der Waals surface area (Å²) in [6.45, 7) is 9.38. The summed E-state index contributed by atoms with van der Waals surface area (Å²) in [4.78, 5) is 0. The molecule has 2 nitrogen and oxygen atoms in total. The summed E-state index contributed by atoms with van der Waals surface area (Å²) in [7, 11) is 0. The van der Waals surface area contributed by atoms with Crippen LogP contribution in [0.25, 0.3) is 0 Å². The molecule has 0 heterocycles. The molecule has 0 aliphatic carbocycles. The highest BCUT2D eigenvalue weighted by molar-refractivity contribution is 6.34. The minimum absolute atomic E-state index is 0.418.